The van der Waals surface area contributed by atoms with E-state index < -0.39 is 17.7 Å². The number of H-pyrrole nitrogens is 1. The van der Waals surface area contributed by atoms with Gasteiger partial charge in [-0.05, 0) is 32.3 Å². The van der Waals surface area contributed by atoms with Crippen molar-refractivity contribution in [2.45, 2.75) is 47.1 Å². The van der Waals surface area contributed by atoms with E-state index in [1.807, 2.05) is 45.0 Å². The van der Waals surface area contributed by atoms with E-state index in [0.717, 1.165) is 10.9 Å². The summed E-state index contributed by atoms with van der Waals surface area (Å²) in [5, 5.41) is 3.40. The van der Waals surface area contributed by atoms with E-state index >= 15 is 0 Å². The maximum atomic E-state index is 12.5. The Labute approximate surface area is 147 Å². The van der Waals surface area contributed by atoms with Gasteiger partial charge in [-0.3, -0.25) is 5.32 Å². The average molecular weight is 346 g/mol. The van der Waals surface area contributed by atoms with Gasteiger partial charge in [0, 0.05) is 10.9 Å². The normalized spacial score (nSPS) is 12.1. The largest absolute Gasteiger partial charge is 0.455 e. The highest BCUT2D eigenvalue weighted by Crippen LogP contribution is 2.29. The van der Waals surface area contributed by atoms with E-state index in [-0.39, 0.29) is 17.7 Å². The summed E-state index contributed by atoms with van der Waals surface area (Å²) in [5.74, 6) is -0.533. The minimum absolute atomic E-state index is 0.147. The topological polar surface area (TPSA) is 80.4 Å². The third kappa shape index (κ3) is 5.24. The molecular formula is C19H26N2O4. The maximum Gasteiger partial charge on any atom is 0.411 e. The summed E-state index contributed by atoms with van der Waals surface area (Å²) in [5.41, 5.74) is 0.506. The van der Waals surface area contributed by atoms with Gasteiger partial charge in [0.1, 0.15) is 11.3 Å². The summed E-state index contributed by atoms with van der Waals surface area (Å²) in [4.78, 5) is 27.7. The molecule has 0 spiro atoms. The summed E-state index contributed by atoms with van der Waals surface area (Å²) < 4.78 is 10.7. The van der Waals surface area contributed by atoms with Crippen molar-refractivity contribution < 1.29 is 19.1 Å². The highest BCUT2D eigenvalue weighted by atomic mass is 16.6. The van der Waals surface area contributed by atoms with Crippen LogP contribution in [0.1, 0.15) is 52.0 Å². The van der Waals surface area contributed by atoms with Crippen LogP contribution in [0, 0.1) is 5.41 Å². The number of esters is 1. The number of carbonyl (C=O) groups excluding carboxylic acids is 2. The van der Waals surface area contributed by atoms with Crippen LogP contribution < -0.4 is 5.32 Å². The number of carbonyl (C=O) groups is 2. The number of hydrogen-bond acceptors (Lipinski definition) is 4. The van der Waals surface area contributed by atoms with Crippen molar-refractivity contribution in [1.29, 1.82) is 0 Å². The molecule has 1 heterocycles. The number of hydrogen-bond donors (Lipinski definition) is 2. The predicted octanol–water partition coefficient (Wildman–Crippen LogP) is 4.72. The molecule has 0 atom stereocenters. The van der Waals surface area contributed by atoms with Crippen LogP contribution in [-0.2, 0) is 9.47 Å². The van der Waals surface area contributed by atoms with Crippen LogP contribution in [0.4, 0.5) is 10.5 Å². The van der Waals surface area contributed by atoms with Crippen LogP contribution in [0.25, 0.3) is 10.9 Å². The lowest BCUT2D eigenvalue weighted by molar-refractivity contribution is 0.00651. The number of aromatic amines is 1. The van der Waals surface area contributed by atoms with Crippen LogP contribution in [0.5, 0.6) is 0 Å². The van der Waals surface area contributed by atoms with Crippen molar-refractivity contribution in [2.75, 3.05) is 11.9 Å². The summed E-state index contributed by atoms with van der Waals surface area (Å²) in [6, 6.07) is 7.33. The molecule has 0 saturated carbocycles. The highest BCUT2D eigenvalue weighted by molar-refractivity contribution is 6.10. The zero-order valence-electron chi connectivity index (χ0n) is 15.6. The third-order valence-corrected chi connectivity index (χ3v) is 3.17. The number of anilines is 1. The van der Waals surface area contributed by atoms with E-state index in [2.05, 4.69) is 10.3 Å². The number of ether oxygens (including phenoxy) is 2. The second-order valence-electron chi connectivity index (χ2n) is 8.18. The van der Waals surface area contributed by atoms with Gasteiger partial charge in [0.15, 0.2) is 0 Å². The van der Waals surface area contributed by atoms with Gasteiger partial charge in [-0.25, -0.2) is 9.59 Å². The van der Waals surface area contributed by atoms with Crippen LogP contribution >= 0.6 is 0 Å². The van der Waals surface area contributed by atoms with E-state index in [1.54, 1.807) is 20.8 Å². The lowest BCUT2D eigenvalue weighted by atomic mass is 9.99. The molecule has 6 heteroatoms. The van der Waals surface area contributed by atoms with Gasteiger partial charge >= 0.3 is 12.1 Å². The first-order chi connectivity index (χ1) is 11.5. The molecule has 0 aliphatic carbocycles. The van der Waals surface area contributed by atoms with Crippen molar-refractivity contribution >= 4 is 28.7 Å². The first kappa shape index (κ1) is 18.8. The molecule has 25 heavy (non-hydrogen) atoms. The minimum Gasteiger partial charge on any atom is -0.455 e. The number of nitrogens with one attached hydrogen (secondary N) is 2. The highest BCUT2D eigenvalue weighted by Gasteiger charge is 2.25. The molecule has 6 nitrogen and oxygen atoms in total. The molecule has 0 aliphatic rings. The zero-order chi connectivity index (χ0) is 18.8. The Morgan fingerprint density at radius 3 is 2.32 bits per heavy atom. The van der Waals surface area contributed by atoms with Crippen LogP contribution in [0.2, 0.25) is 0 Å². The lowest BCUT2D eigenvalue weighted by Crippen LogP contribution is -2.26. The average Bonchev–Trinajstić information content (AvgIpc) is 2.82. The van der Waals surface area contributed by atoms with Gasteiger partial charge in [0.2, 0.25) is 0 Å². The fourth-order valence-electron chi connectivity index (χ4n) is 2.17. The second kappa shape index (κ2) is 6.78. The molecule has 0 fully saturated rings. The molecular weight excluding hydrogens is 320 g/mol. The van der Waals surface area contributed by atoms with Crippen molar-refractivity contribution in [3.8, 4) is 0 Å². The Hall–Kier alpha value is -2.50. The molecule has 2 rings (SSSR count). The van der Waals surface area contributed by atoms with Crippen LogP contribution in [-0.4, -0.2) is 29.3 Å². The van der Waals surface area contributed by atoms with Crippen LogP contribution in [0.15, 0.2) is 24.3 Å². The molecule has 0 bridgehead atoms. The predicted molar refractivity (Wildman–Crippen MR) is 97.9 cm³/mol. The number of rotatable bonds is 3. The fraction of sp³-hybridized carbons (Fsp3) is 0.474. The number of amides is 1. The van der Waals surface area contributed by atoms with Gasteiger partial charge in [-0.1, -0.05) is 39.0 Å². The van der Waals surface area contributed by atoms with Crippen molar-refractivity contribution in [1.82, 2.24) is 4.98 Å². The van der Waals surface area contributed by atoms with Gasteiger partial charge in [0.05, 0.1) is 12.3 Å². The lowest BCUT2D eigenvalue weighted by Gasteiger charge is -2.20. The first-order valence-electron chi connectivity index (χ1n) is 8.24. The van der Waals surface area contributed by atoms with Crippen molar-refractivity contribution in [3.05, 3.63) is 30.0 Å². The SMILES string of the molecule is CC(C)(C)COC(=O)Nc1c(C(=O)OC(C)(C)C)[nH]c2ccccc12. The first-order valence-corrected chi connectivity index (χ1v) is 8.24. The monoisotopic (exact) mass is 346 g/mol. The van der Waals surface area contributed by atoms with E-state index in [4.69, 9.17) is 9.47 Å². The van der Waals surface area contributed by atoms with Crippen LogP contribution in [0.3, 0.4) is 0 Å². The van der Waals surface area contributed by atoms with Gasteiger partial charge < -0.3 is 14.5 Å². The maximum absolute atomic E-state index is 12.5. The Morgan fingerprint density at radius 1 is 1.08 bits per heavy atom. The Bertz CT molecular complexity index is 779. The van der Waals surface area contributed by atoms with Gasteiger partial charge in [0.25, 0.3) is 0 Å². The molecule has 1 aromatic carbocycles. The standard InChI is InChI=1S/C19H26N2O4/c1-18(2,3)11-24-17(23)21-14-12-9-7-8-10-13(12)20-15(14)16(22)25-19(4,5)6/h7-10,20H,11H2,1-6H3,(H,21,23). The summed E-state index contributed by atoms with van der Waals surface area (Å²) in [6.07, 6.45) is -0.607. The smallest absolute Gasteiger partial charge is 0.411 e. The Balaban J connectivity index is 2.31. The van der Waals surface area contributed by atoms with E-state index in [9.17, 15) is 9.59 Å². The summed E-state index contributed by atoms with van der Waals surface area (Å²) in [6.45, 7) is 11.5. The zero-order valence-corrected chi connectivity index (χ0v) is 15.6. The molecule has 0 unspecified atom stereocenters. The summed E-state index contributed by atoms with van der Waals surface area (Å²) in [7, 11) is 0. The van der Waals surface area contributed by atoms with Crippen molar-refractivity contribution in [2.24, 2.45) is 5.41 Å². The fourth-order valence-corrected chi connectivity index (χ4v) is 2.17. The molecule has 0 radical (unpaired) electrons. The third-order valence-electron chi connectivity index (χ3n) is 3.17. The van der Waals surface area contributed by atoms with Gasteiger partial charge in [-0.2, -0.15) is 0 Å². The molecule has 0 saturated heterocycles. The molecule has 2 N–H and O–H groups in total. The Kier molecular flexibility index (Phi) is 5.11. The molecule has 2 aromatic rings. The molecule has 1 amide bonds. The number of benzene rings is 1. The second-order valence-corrected chi connectivity index (χ2v) is 8.18. The molecule has 1 aromatic heterocycles. The number of fused-ring (bicyclic) bond motifs is 1. The summed E-state index contributed by atoms with van der Waals surface area (Å²) >= 11 is 0. The van der Waals surface area contributed by atoms with Gasteiger partial charge in [-0.15, -0.1) is 0 Å². The van der Waals surface area contributed by atoms with Crippen molar-refractivity contribution in [3.63, 3.8) is 0 Å². The Morgan fingerprint density at radius 2 is 1.72 bits per heavy atom. The quantitative estimate of drug-likeness (QED) is 0.788. The number of aromatic nitrogens is 1. The van der Waals surface area contributed by atoms with E-state index in [0.29, 0.717) is 5.69 Å². The molecule has 136 valence electrons. The molecule has 0 aliphatic heterocycles. The minimum atomic E-state index is -0.640. The van der Waals surface area contributed by atoms with E-state index in [1.165, 1.54) is 0 Å². The number of para-hydroxylation sites is 1.